The van der Waals surface area contributed by atoms with Gasteiger partial charge in [-0.2, -0.15) is 0 Å². The summed E-state index contributed by atoms with van der Waals surface area (Å²) in [5.41, 5.74) is 2.13. The summed E-state index contributed by atoms with van der Waals surface area (Å²) in [6.45, 7) is 4.25. The average molecular weight is 260 g/mol. The zero-order valence-electron chi connectivity index (χ0n) is 11.2. The lowest BCUT2D eigenvalue weighted by atomic mass is 10.0. The normalized spacial score (nSPS) is 26.4. The quantitative estimate of drug-likeness (QED) is 0.876. The van der Waals surface area contributed by atoms with Crippen molar-refractivity contribution >= 4 is 11.7 Å². The van der Waals surface area contributed by atoms with Crippen LogP contribution in [0.25, 0.3) is 0 Å². The molecule has 0 amide bonds. The zero-order chi connectivity index (χ0) is 13.4. The number of anilines is 1. The van der Waals surface area contributed by atoms with Crippen LogP contribution in [0.3, 0.4) is 0 Å². The van der Waals surface area contributed by atoms with Crippen LogP contribution in [0, 0.1) is 6.92 Å². The van der Waals surface area contributed by atoms with Crippen molar-refractivity contribution in [2.24, 2.45) is 0 Å². The third kappa shape index (κ3) is 2.32. The second-order valence-electron chi connectivity index (χ2n) is 5.64. The summed E-state index contributed by atoms with van der Waals surface area (Å²) in [4.78, 5) is 13.8. The van der Waals surface area contributed by atoms with Crippen LogP contribution in [-0.4, -0.2) is 41.1 Å². The molecule has 0 radical (unpaired) electrons. The second kappa shape index (κ2) is 4.85. The molecule has 2 aliphatic heterocycles. The van der Waals surface area contributed by atoms with Crippen LogP contribution in [0.5, 0.6) is 0 Å². The van der Waals surface area contributed by atoms with Gasteiger partial charge in [-0.25, -0.2) is 4.79 Å². The molecular formula is C15H20N2O2. The number of carboxylic acid groups (broad SMARTS) is 1. The molecule has 0 spiro atoms. The number of hydrogen-bond donors (Lipinski definition) is 2. The lowest BCUT2D eigenvalue weighted by Crippen LogP contribution is -2.34. The molecule has 0 aliphatic carbocycles. The van der Waals surface area contributed by atoms with E-state index in [4.69, 9.17) is 0 Å². The maximum absolute atomic E-state index is 11.3. The van der Waals surface area contributed by atoms with Crippen LogP contribution in [0.2, 0.25) is 0 Å². The van der Waals surface area contributed by atoms with Gasteiger partial charge in [-0.1, -0.05) is 11.6 Å². The molecule has 1 aromatic rings. The number of nitrogens with zero attached hydrogens (tertiary/aromatic N) is 1. The molecule has 2 aliphatic rings. The van der Waals surface area contributed by atoms with E-state index in [-0.39, 0.29) is 0 Å². The van der Waals surface area contributed by atoms with Gasteiger partial charge in [-0.05, 0) is 44.9 Å². The Kier molecular flexibility index (Phi) is 3.19. The van der Waals surface area contributed by atoms with E-state index in [1.165, 1.54) is 19.4 Å². The number of hydrogen-bond acceptors (Lipinski definition) is 3. The maximum atomic E-state index is 11.3. The van der Waals surface area contributed by atoms with Crippen LogP contribution in [-0.2, 0) is 0 Å². The Hall–Kier alpha value is -1.55. The summed E-state index contributed by atoms with van der Waals surface area (Å²) in [7, 11) is 0. The molecule has 2 atom stereocenters. The molecule has 2 N–H and O–H groups in total. The van der Waals surface area contributed by atoms with E-state index in [1.807, 2.05) is 19.1 Å². The lowest BCUT2D eigenvalue weighted by molar-refractivity contribution is 0.0697. The molecule has 4 heteroatoms. The zero-order valence-corrected chi connectivity index (χ0v) is 11.2. The summed E-state index contributed by atoms with van der Waals surface area (Å²) >= 11 is 0. The topological polar surface area (TPSA) is 52.6 Å². The Morgan fingerprint density at radius 3 is 3.00 bits per heavy atom. The number of aromatic carboxylic acids is 1. The molecule has 0 saturated carbocycles. The largest absolute Gasteiger partial charge is 0.478 e. The highest BCUT2D eigenvalue weighted by atomic mass is 16.4. The molecule has 1 aromatic carbocycles. The highest BCUT2D eigenvalue weighted by Gasteiger charge is 2.37. The number of benzene rings is 1. The third-order valence-corrected chi connectivity index (χ3v) is 4.35. The molecule has 19 heavy (non-hydrogen) atoms. The van der Waals surface area contributed by atoms with E-state index >= 15 is 0 Å². The first-order valence-electron chi connectivity index (χ1n) is 6.99. The van der Waals surface area contributed by atoms with Crippen molar-refractivity contribution in [2.45, 2.75) is 38.3 Å². The summed E-state index contributed by atoms with van der Waals surface area (Å²) in [6, 6.07) is 6.59. The fourth-order valence-electron chi connectivity index (χ4n) is 3.41. The molecular weight excluding hydrogens is 240 g/mol. The third-order valence-electron chi connectivity index (χ3n) is 4.35. The summed E-state index contributed by atoms with van der Waals surface area (Å²) in [6.07, 6.45) is 3.60. The smallest absolute Gasteiger partial charge is 0.337 e. The van der Waals surface area contributed by atoms with Crippen molar-refractivity contribution in [1.29, 1.82) is 0 Å². The molecule has 3 rings (SSSR count). The first-order chi connectivity index (χ1) is 9.15. The second-order valence-corrected chi connectivity index (χ2v) is 5.64. The number of nitrogens with one attached hydrogen (secondary N) is 1. The Balaban J connectivity index is 1.81. The Morgan fingerprint density at radius 1 is 1.37 bits per heavy atom. The summed E-state index contributed by atoms with van der Waals surface area (Å²) in [5, 5.41) is 12.8. The van der Waals surface area contributed by atoms with Crippen LogP contribution >= 0.6 is 0 Å². The highest BCUT2D eigenvalue weighted by molar-refractivity contribution is 5.94. The Morgan fingerprint density at radius 2 is 2.21 bits per heavy atom. The Labute approximate surface area is 113 Å². The number of fused-ring (bicyclic) bond motifs is 1. The minimum Gasteiger partial charge on any atom is -0.478 e. The first-order valence-corrected chi connectivity index (χ1v) is 6.99. The SMILES string of the molecule is Cc1ccc(NC2CCN3CCCC23)c(C(=O)O)c1. The minimum atomic E-state index is -0.854. The van der Waals surface area contributed by atoms with Crippen LogP contribution < -0.4 is 5.32 Å². The molecule has 2 fully saturated rings. The van der Waals surface area contributed by atoms with E-state index in [2.05, 4.69) is 10.2 Å². The first kappa shape index (κ1) is 12.5. The monoisotopic (exact) mass is 260 g/mol. The van der Waals surface area contributed by atoms with Gasteiger partial charge in [-0.3, -0.25) is 4.90 Å². The van der Waals surface area contributed by atoms with Gasteiger partial charge < -0.3 is 10.4 Å². The van der Waals surface area contributed by atoms with Crippen molar-refractivity contribution in [2.75, 3.05) is 18.4 Å². The molecule has 0 aromatic heterocycles. The van der Waals surface area contributed by atoms with Crippen LogP contribution in [0.4, 0.5) is 5.69 Å². The van der Waals surface area contributed by atoms with Gasteiger partial charge in [0, 0.05) is 24.3 Å². The Bertz CT molecular complexity index is 501. The van der Waals surface area contributed by atoms with E-state index in [0.29, 0.717) is 17.6 Å². The molecule has 2 saturated heterocycles. The van der Waals surface area contributed by atoms with Crippen molar-refractivity contribution in [3.63, 3.8) is 0 Å². The van der Waals surface area contributed by atoms with Gasteiger partial charge in [0.05, 0.1) is 5.56 Å². The average Bonchev–Trinajstić information content (AvgIpc) is 2.96. The van der Waals surface area contributed by atoms with Crippen LogP contribution in [0.1, 0.15) is 35.2 Å². The molecule has 4 nitrogen and oxygen atoms in total. The van der Waals surface area contributed by atoms with E-state index in [1.54, 1.807) is 6.07 Å². The van der Waals surface area contributed by atoms with Gasteiger partial charge in [0.25, 0.3) is 0 Å². The van der Waals surface area contributed by atoms with E-state index < -0.39 is 5.97 Å². The molecule has 2 heterocycles. The van der Waals surface area contributed by atoms with Crippen molar-refractivity contribution in [1.82, 2.24) is 4.90 Å². The number of carbonyl (C=O) groups is 1. The van der Waals surface area contributed by atoms with E-state index in [9.17, 15) is 9.90 Å². The predicted molar refractivity (Wildman–Crippen MR) is 74.8 cm³/mol. The van der Waals surface area contributed by atoms with Gasteiger partial charge in [-0.15, -0.1) is 0 Å². The maximum Gasteiger partial charge on any atom is 0.337 e. The molecule has 0 bridgehead atoms. The standard InChI is InChI=1S/C15H20N2O2/c1-10-4-5-12(11(9-10)15(18)19)16-13-6-8-17-7-2-3-14(13)17/h4-5,9,13-14,16H,2-3,6-8H2,1H3,(H,18,19). The van der Waals surface area contributed by atoms with Crippen molar-refractivity contribution in [3.8, 4) is 0 Å². The number of aryl methyl sites for hydroxylation is 1. The minimum absolute atomic E-state index is 0.386. The summed E-state index contributed by atoms with van der Waals surface area (Å²) < 4.78 is 0. The molecule has 102 valence electrons. The van der Waals surface area contributed by atoms with Crippen molar-refractivity contribution in [3.05, 3.63) is 29.3 Å². The van der Waals surface area contributed by atoms with Gasteiger partial charge in [0.15, 0.2) is 0 Å². The lowest BCUT2D eigenvalue weighted by Gasteiger charge is -2.23. The number of rotatable bonds is 3. The van der Waals surface area contributed by atoms with Crippen molar-refractivity contribution < 1.29 is 9.90 Å². The number of carboxylic acids is 1. The van der Waals surface area contributed by atoms with E-state index in [0.717, 1.165) is 24.2 Å². The van der Waals surface area contributed by atoms with Crippen LogP contribution in [0.15, 0.2) is 18.2 Å². The van der Waals surface area contributed by atoms with Gasteiger partial charge in [0.2, 0.25) is 0 Å². The highest BCUT2D eigenvalue weighted by Crippen LogP contribution is 2.31. The summed E-state index contributed by atoms with van der Waals surface area (Å²) in [5.74, 6) is -0.854. The van der Waals surface area contributed by atoms with Gasteiger partial charge in [0.1, 0.15) is 0 Å². The van der Waals surface area contributed by atoms with Gasteiger partial charge >= 0.3 is 5.97 Å². The molecule has 2 unspecified atom stereocenters. The predicted octanol–water partition coefficient (Wildman–Crippen LogP) is 2.34. The fraction of sp³-hybridized carbons (Fsp3) is 0.533. The fourth-order valence-corrected chi connectivity index (χ4v) is 3.41.